The summed E-state index contributed by atoms with van der Waals surface area (Å²) < 4.78 is 6.46. The summed E-state index contributed by atoms with van der Waals surface area (Å²) in [6.45, 7) is 4.20. The summed E-state index contributed by atoms with van der Waals surface area (Å²) in [5.74, 6) is 0.917. The maximum Gasteiger partial charge on any atom is 0.118 e. The van der Waals surface area contributed by atoms with Gasteiger partial charge in [0, 0.05) is 23.6 Å². The molecule has 0 amide bonds. The van der Waals surface area contributed by atoms with Gasteiger partial charge in [-0.3, -0.25) is 4.90 Å². The van der Waals surface area contributed by atoms with Crippen LogP contribution in [0, 0.1) is 0 Å². The summed E-state index contributed by atoms with van der Waals surface area (Å²) in [6.07, 6.45) is 2.60. The third-order valence-corrected chi connectivity index (χ3v) is 5.47. The van der Waals surface area contributed by atoms with Crippen LogP contribution in [0.5, 0.6) is 5.75 Å². The van der Waals surface area contributed by atoms with Gasteiger partial charge < -0.3 is 10.1 Å². The minimum absolute atomic E-state index is 0.417. The fraction of sp³-hybridized carbons (Fsp3) is 0.400. The highest BCUT2D eigenvalue weighted by molar-refractivity contribution is 9.10. The van der Waals surface area contributed by atoms with E-state index in [2.05, 4.69) is 74.7 Å². The van der Waals surface area contributed by atoms with Crippen LogP contribution in [-0.4, -0.2) is 31.6 Å². The first-order valence-corrected chi connectivity index (χ1v) is 9.39. The normalized spacial score (nSPS) is 16.2. The zero-order chi connectivity index (χ0) is 16.8. The van der Waals surface area contributed by atoms with Crippen molar-refractivity contribution in [3.05, 3.63) is 64.1 Å². The molecule has 0 aliphatic carbocycles. The number of benzene rings is 2. The number of rotatable bonds is 7. The van der Waals surface area contributed by atoms with E-state index in [4.69, 9.17) is 4.74 Å². The van der Waals surface area contributed by atoms with Crippen LogP contribution in [0.3, 0.4) is 0 Å². The average Bonchev–Trinajstić information content (AvgIpc) is 3.15. The van der Waals surface area contributed by atoms with Crippen molar-refractivity contribution in [3.8, 4) is 5.75 Å². The summed E-state index contributed by atoms with van der Waals surface area (Å²) in [5.41, 5.74) is 2.66. The van der Waals surface area contributed by atoms with E-state index in [-0.39, 0.29) is 0 Å². The van der Waals surface area contributed by atoms with Crippen LogP contribution in [0.25, 0.3) is 0 Å². The molecule has 0 aromatic heterocycles. The lowest BCUT2D eigenvalue weighted by Gasteiger charge is -2.28. The number of ether oxygens (including phenoxy) is 1. The lowest BCUT2D eigenvalue weighted by Crippen LogP contribution is -2.34. The first kappa shape index (κ1) is 17.5. The molecule has 1 aliphatic rings. The molecule has 0 bridgehead atoms. The SMILES string of the molecule is COc1ccc(C(CNCc2ccccc2Br)N2CCCC2)cc1. The fourth-order valence-corrected chi connectivity index (χ4v) is 3.75. The van der Waals surface area contributed by atoms with Gasteiger partial charge in [-0.05, 0) is 55.3 Å². The zero-order valence-electron chi connectivity index (χ0n) is 14.2. The van der Waals surface area contributed by atoms with Crippen molar-refractivity contribution in [2.45, 2.75) is 25.4 Å². The summed E-state index contributed by atoms with van der Waals surface area (Å²) in [7, 11) is 1.71. The van der Waals surface area contributed by atoms with Gasteiger partial charge in [0.15, 0.2) is 0 Å². The van der Waals surface area contributed by atoms with Crippen molar-refractivity contribution in [1.82, 2.24) is 10.2 Å². The highest BCUT2D eigenvalue weighted by atomic mass is 79.9. The Bertz CT molecular complexity index is 638. The van der Waals surface area contributed by atoms with E-state index in [0.717, 1.165) is 18.8 Å². The Morgan fingerprint density at radius 3 is 2.46 bits per heavy atom. The molecule has 1 saturated heterocycles. The van der Waals surface area contributed by atoms with Gasteiger partial charge in [-0.25, -0.2) is 0 Å². The first-order chi connectivity index (χ1) is 11.8. The first-order valence-electron chi connectivity index (χ1n) is 8.60. The molecule has 0 saturated carbocycles. The average molecular weight is 389 g/mol. The Hall–Kier alpha value is -1.36. The quantitative estimate of drug-likeness (QED) is 0.761. The predicted octanol–water partition coefficient (Wildman–Crippen LogP) is 4.38. The van der Waals surface area contributed by atoms with Crippen molar-refractivity contribution < 1.29 is 4.74 Å². The number of methoxy groups -OCH3 is 1. The number of halogens is 1. The molecule has 24 heavy (non-hydrogen) atoms. The highest BCUT2D eigenvalue weighted by Crippen LogP contribution is 2.26. The minimum Gasteiger partial charge on any atom is -0.497 e. The van der Waals surface area contributed by atoms with Gasteiger partial charge >= 0.3 is 0 Å². The highest BCUT2D eigenvalue weighted by Gasteiger charge is 2.23. The van der Waals surface area contributed by atoms with Crippen LogP contribution in [0.15, 0.2) is 53.0 Å². The Morgan fingerprint density at radius 2 is 1.79 bits per heavy atom. The van der Waals surface area contributed by atoms with Crippen LogP contribution in [0.1, 0.15) is 30.0 Å². The number of likely N-dealkylation sites (tertiary alicyclic amines) is 1. The molecule has 4 heteroatoms. The molecule has 3 rings (SSSR count). The van der Waals surface area contributed by atoms with Crippen molar-refractivity contribution in [2.24, 2.45) is 0 Å². The number of hydrogen-bond acceptors (Lipinski definition) is 3. The molecular formula is C20H25BrN2O. The van der Waals surface area contributed by atoms with Crippen LogP contribution in [0.4, 0.5) is 0 Å². The number of nitrogens with zero attached hydrogens (tertiary/aromatic N) is 1. The Labute approximate surface area is 153 Å². The van der Waals surface area contributed by atoms with Crippen LogP contribution < -0.4 is 10.1 Å². The molecule has 1 heterocycles. The predicted molar refractivity (Wildman–Crippen MR) is 102 cm³/mol. The molecule has 0 spiro atoms. The molecule has 2 aromatic rings. The van der Waals surface area contributed by atoms with Crippen LogP contribution in [-0.2, 0) is 6.54 Å². The maximum atomic E-state index is 5.29. The van der Waals surface area contributed by atoms with Crippen molar-refractivity contribution in [1.29, 1.82) is 0 Å². The van der Waals surface area contributed by atoms with Gasteiger partial charge in [0.25, 0.3) is 0 Å². The van der Waals surface area contributed by atoms with E-state index < -0.39 is 0 Å². The van der Waals surface area contributed by atoms with Crippen molar-refractivity contribution >= 4 is 15.9 Å². The lowest BCUT2D eigenvalue weighted by molar-refractivity contribution is 0.238. The van der Waals surface area contributed by atoms with Crippen LogP contribution in [0.2, 0.25) is 0 Å². The van der Waals surface area contributed by atoms with E-state index in [0.29, 0.717) is 6.04 Å². The molecule has 1 N–H and O–H groups in total. The van der Waals surface area contributed by atoms with E-state index >= 15 is 0 Å². The monoisotopic (exact) mass is 388 g/mol. The smallest absolute Gasteiger partial charge is 0.118 e. The third kappa shape index (κ3) is 4.38. The van der Waals surface area contributed by atoms with E-state index in [1.807, 2.05) is 0 Å². The molecule has 1 unspecified atom stereocenters. The molecule has 1 fully saturated rings. The second-order valence-electron chi connectivity index (χ2n) is 6.25. The van der Waals surface area contributed by atoms with E-state index in [9.17, 15) is 0 Å². The van der Waals surface area contributed by atoms with Gasteiger partial charge in [0.2, 0.25) is 0 Å². The molecule has 2 aromatic carbocycles. The zero-order valence-corrected chi connectivity index (χ0v) is 15.8. The van der Waals surface area contributed by atoms with Gasteiger partial charge in [-0.2, -0.15) is 0 Å². The summed E-state index contributed by atoms with van der Waals surface area (Å²) in [5, 5.41) is 3.64. The molecule has 3 nitrogen and oxygen atoms in total. The topological polar surface area (TPSA) is 24.5 Å². The summed E-state index contributed by atoms with van der Waals surface area (Å²) >= 11 is 3.63. The molecule has 0 radical (unpaired) electrons. The van der Waals surface area contributed by atoms with E-state index in [1.165, 1.54) is 41.5 Å². The van der Waals surface area contributed by atoms with Crippen molar-refractivity contribution in [3.63, 3.8) is 0 Å². The molecule has 1 aliphatic heterocycles. The Morgan fingerprint density at radius 1 is 1.08 bits per heavy atom. The van der Waals surface area contributed by atoms with Crippen molar-refractivity contribution in [2.75, 3.05) is 26.7 Å². The maximum absolute atomic E-state index is 5.29. The van der Waals surface area contributed by atoms with Gasteiger partial charge in [-0.1, -0.05) is 46.3 Å². The lowest BCUT2D eigenvalue weighted by atomic mass is 10.0. The molecular weight excluding hydrogens is 364 g/mol. The largest absolute Gasteiger partial charge is 0.497 e. The van der Waals surface area contributed by atoms with Gasteiger partial charge in [0.05, 0.1) is 7.11 Å². The molecule has 128 valence electrons. The van der Waals surface area contributed by atoms with E-state index in [1.54, 1.807) is 7.11 Å². The Balaban J connectivity index is 1.67. The molecule has 1 atom stereocenters. The number of nitrogens with one attached hydrogen (secondary N) is 1. The standard InChI is InChI=1S/C20H25BrN2O/c1-24-18-10-8-16(9-11-18)20(23-12-4-5-13-23)15-22-14-17-6-2-3-7-19(17)21/h2-3,6-11,20,22H,4-5,12-15H2,1H3. The second-order valence-corrected chi connectivity index (χ2v) is 7.11. The Kier molecular flexibility index (Phi) is 6.30. The number of hydrogen-bond donors (Lipinski definition) is 1. The fourth-order valence-electron chi connectivity index (χ4n) is 3.32. The van der Waals surface area contributed by atoms with Gasteiger partial charge in [-0.15, -0.1) is 0 Å². The van der Waals surface area contributed by atoms with Gasteiger partial charge in [0.1, 0.15) is 5.75 Å². The third-order valence-electron chi connectivity index (χ3n) is 4.69. The summed E-state index contributed by atoms with van der Waals surface area (Å²) in [4.78, 5) is 2.59. The minimum atomic E-state index is 0.417. The van der Waals surface area contributed by atoms with Crippen LogP contribution >= 0.6 is 15.9 Å². The second kappa shape index (κ2) is 8.65. The summed E-state index contributed by atoms with van der Waals surface area (Å²) in [6, 6.07) is 17.3.